The van der Waals surface area contributed by atoms with Gasteiger partial charge in [0.1, 0.15) is 5.82 Å². The number of fused-ring (bicyclic) bond motifs is 1. The van der Waals surface area contributed by atoms with Crippen LogP contribution in [0, 0.1) is 10.1 Å². The first-order valence-corrected chi connectivity index (χ1v) is 11.2. The van der Waals surface area contributed by atoms with Crippen LogP contribution in [0.3, 0.4) is 0 Å². The number of halogens is 2. The smallest absolute Gasteiger partial charge is 0.312 e. The molecule has 0 unspecified atom stereocenters. The summed E-state index contributed by atoms with van der Waals surface area (Å²) in [5.41, 5.74) is 0.452. The molecule has 2 aromatic carbocycles. The van der Waals surface area contributed by atoms with Gasteiger partial charge in [-0.3, -0.25) is 14.9 Å². The molecule has 0 aliphatic heterocycles. The summed E-state index contributed by atoms with van der Waals surface area (Å²) >= 11 is 6.67. The second-order valence-electron chi connectivity index (χ2n) is 6.84. The molecule has 8 nitrogen and oxygen atoms in total. The molecule has 31 heavy (non-hydrogen) atoms. The maximum absolute atomic E-state index is 13.1. The number of nitrogens with zero attached hydrogens (tertiary/aromatic N) is 4. The van der Waals surface area contributed by atoms with E-state index >= 15 is 0 Å². The molecule has 1 aromatic heterocycles. The van der Waals surface area contributed by atoms with Gasteiger partial charge in [-0.2, -0.15) is 9.78 Å². The van der Waals surface area contributed by atoms with Crippen LogP contribution in [0.5, 0.6) is 5.75 Å². The van der Waals surface area contributed by atoms with Gasteiger partial charge in [0, 0.05) is 27.0 Å². The van der Waals surface area contributed by atoms with E-state index in [2.05, 4.69) is 41.9 Å². The van der Waals surface area contributed by atoms with Crippen LogP contribution >= 0.6 is 31.9 Å². The Morgan fingerprint density at radius 3 is 2.65 bits per heavy atom. The lowest BCUT2D eigenvalue weighted by molar-refractivity contribution is -0.386. The van der Waals surface area contributed by atoms with E-state index in [1.807, 2.05) is 26.8 Å². The minimum atomic E-state index is -0.501. The van der Waals surface area contributed by atoms with Crippen LogP contribution in [0.4, 0.5) is 5.69 Å². The monoisotopic (exact) mass is 550 g/mol. The van der Waals surface area contributed by atoms with Gasteiger partial charge in [0.25, 0.3) is 5.56 Å². The van der Waals surface area contributed by atoms with Crippen molar-refractivity contribution in [2.75, 3.05) is 0 Å². The molecule has 3 rings (SSSR count). The Kier molecular flexibility index (Phi) is 7.22. The van der Waals surface area contributed by atoms with Crippen molar-refractivity contribution in [3.63, 3.8) is 0 Å². The third-order valence-corrected chi connectivity index (χ3v) is 5.61. The van der Waals surface area contributed by atoms with Crippen molar-refractivity contribution in [2.45, 2.75) is 39.7 Å². The van der Waals surface area contributed by atoms with Gasteiger partial charge >= 0.3 is 5.69 Å². The van der Waals surface area contributed by atoms with E-state index in [0.29, 0.717) is 39.6 Å². The van der Waals surface area contributed by atoms with Crippen LogP contribution in [0.1, 0.15) is 38.6 Å². The second kappa shape index (κ2) is 9.69. The molecule has 0 aliphatic rings. The van der Waals surface area contributed by atoms with E-state index in [9.17, 15) is 14.9 Å². The zero-order valence-corrected chi connectivity index (χ0v) is 20.3. The third kappa shape index (κ3) is 5.01. The lowest BCUT2D eigenvalue weighted by Crippen LogP contribution is -2.22. The highest BCUT2D eigenvalue weighted by Crippen LogP contribution is 2.35. The van der Waals surface area contributed by atoms with Crippen molar-refractivity contribution in [3.05, 3.63) is 71.1 Å². The van der Waals surface area contributed by atoms with Crippen LogP contribution in [0.25, 0.3) is 10.9 Å². The Hall–Kier alpha value is -2.59. The van der Waals surface area contributed by atoms with Gasteiger partial charge < -0.3 is 4.74 Å². The maximum atomic E-state index is 13.1. The van der Waals surface area contributed by atoms with Gasteiger partial charge in [0.2, 0.25) is 5.75 Å². The zero-order valence-electron chi connectivity index (χ0n) is 17.1. The number of ether oxygens (including phenoxy) is 1. The van der Waals surface area contributed by atoms with Gasteiger partial charge in [0.05, 0.1) is 28.1 Å². The van der Waals surface area contributed by atoms with Crippen LogP contribution in [0.2, 0.25) is 0 Å². The van der Waals surface area contributed by atoms with Gasteiger partial charge in [-0.05, 0) is 37.6 Å². The summed E-state index contributed by atoms with van der Waals surface area (Å²) < 4.78 is 8.31. The Morgan fingerprint density at radius 1 is 1.26 bits per heavy atom. The minimum absolute atomic E-state index is 0.105. The van der Waals surface area contributed by atoms with Crippen molar-refractivity contribution >= 4 is 54.7 Å². The van der Waals surface area contributed by atoms with Crippen molar-refractivity contribution in [1.82, 2.24) is 9.66 Å². The first kappa shape index (κ1) is 23.1. The molecule has 0 saturated heterocycles. The van der Waals surface area contributed by atoms with E-state index in [4.69, 9.17) is 4.74 Å². The number of nitro groups is 1. The van der Waals surface area contributed by atoms with E-state index in [1.54, 1.807) is 18.2 Å². The number of rotatable bonds is 7. The molecule has 10 heteroatoms. The lowest BCUT2D eigenvalue weighted by Gasteiger charge is -2.15. The molecule has 0 spiro atoms. The fourth-order valence-electron chi connectivity index (χ4n) is 2.91. The van der Waals surface area contributed by atoms with Gasteiger partial charge in [-0.1, -0.05) is 45.7 Å². The minimum Gasteiger partial charge on any atom is -0.483 e. The molecule has 1 heterocycles. The van der Waals surface area contributed by atoms with Crippen molar-refractivity contribution in [1.29, 1.82) is 0 Å². The summed E-state index contributed by atoms with van der Waals surface area (Å²) in [4.78, 5) is 28.7. The predicted octanol–water partition coefficient (Wildman–Crippen LogP) is 5.45. The molecule has 0 N–H and O–H groups in total. The van der Waals surface area contributed by atoms with Crippen molar-refractivity contribution in [2.24, 2.45) is 5.10 Å². The number of hydrogen-bond acceptors (Lipinski definition) is 6. The number of nitro benzene ring substituents is 1. The highest BCUT2D eigenvalue weighted by atomic mass is 79.9. The SMILES string of the molecule is CCc1nc2ccc(Br)cc2c(=O)n1N=Cc1cc(Br)cc([N+](=O)[O-])c1O[C@@H](C)CC. The molecular formula is C21H20Br2N4O4. The Bertz CT molecular complexity index is 1240. The van der Waals surface area contributed by atoms with E-state index < -0.39 is 4.92 Å². The fourth-order valence-corrected chi connectivity index (χ4v) is 3.73. The molecule has 0 fully saturated rings. The Morgan fingerprint density at radius 2 is 2.00 bits per heavy atom. The summed E-state index contributed by atoms with van der Waals surface area (Å²) in [6, 6.07) is 8.33. The number of hydrogen-bond donors (Lipinski definition) is 0. The maximum Gasteiger partial charge on any atom is 0.312 e. The van der Waals surface area contributed by atoms with Crippen LogP contribution in [0.15, 0.2) is 49.2 Å². The zero-order chi connectivity index (χ0) is 22.7. The molecule has 0 saturated carbocycles. The topological polar surface area (TPSA) is 99.6 Å². The van der Waals surface area contributed by atoms with E-state index in [1.165, 1.54) is 17.0 Å². The number of aromatic nitrogens is 2. The Labute approximate surface area is 195 Å². The average molecular weight is 552 g/mol. The molecule has 162 valence electrons. The highest BCUT2D eigenvalue weighted by Gasteiger charge is 2.22. The largest absolute Gasteiger partial charge is 0.483 e. The summed E-state index contributed by atoms with van der Waals surface area (Å²) in [7, 11) is 0. The second-order valence-corrected chi connectivity index (χ2v) is 8.67. The van der Waals surface area contributed by atoms with Crippen molar-refractivity contribution < 1.29 is 9.66 Å². The van der Waals surface area contributed by atoms with Crippen molar-refractivity contribution in [3.8, 4) is 5.75 Å². The molecule has 0 radical (unpaired) electrons. The number of benzene rings is 2. The van der Waals surface area contributed by atoms with E-state index in [0.717, 1.165) is 4.47 Å². The molecule has 3 aromatic rings. The molecular weight excluding hydrogens is 532 g/mol. The average Bonchev–Trinajstić information content (AvgIpc) is 2.74. The lowest BCUT2D eigenvalue weighted by atomic mass is 10.2. The molecule has 0 bridgehead atoms. The quantitative estimate of drug-likeness (QED) is 0.221. The normalized spacial score (nSPS) is 12.4. The summed E-state index contributed by atoms with van der Waals surface area (Å²) in [5.74, 6) is 0.582. The van der Waals surface area contributed by atoms with Gasteiger partial charge in [-0.15, -0.1) is 0 Å². The highest BCUT2D eigenvalue weighted by molar-refractivity contribution is 9.10. The molecule has 1 atom stereocenters. The van der Waals surface area contributed by atoms with Gasteiger partial charge in [-0.25, -0.2) is 4.98 Å². The standard InChI is InChI=1S/C21H20Br2N4O4/c1-4-12(3)31-20-13(8-15(23)10-18(20)27(29)30)11-24-26-19(5-2)25-17-7-6-14(22)9-16(17)21(26)28/h6-12H,4-5H2,1-3H3/t12-/m0/s1. The van der Waals surface area contributed by atoms with Gasteiger partial charge in [0.15, 0.2) is 0 Å². The van der Waals surface area contributed by atoms with E-state index in [-0.39, 0.29) is 23.1 Å². The van der Waals surface area contributed by atoms with Crippen LogP contribution < -0.4 is 10.3 Å². The number of aryl methyl sites for hydroxylation is 1. The van der Waals surface area contributed by atoms with Crippen LogP contribution in [-0.2, 0) is 6.42 Å². The molecule has 0 aliphatic carbocycles. The summed E-state index contributed by atoms with van der Waals surface area (Å²) in [6.07, 6.45) is 2.31. The van der Waals surface area contributed by atoms with Crippen LogP contribution in [-0.4, -0.2) is 26.9 Å². The predicted molar refractivity (Wildman–Crippen MR) is 127 cm³/mol. The fraction of sp³-hybridized carbons (Fsp3) is 0.286. The first-order chi connectivity index (χ1) is 14.7. The molecule has 0 amide bonds. The third-order valence-electron chi connectivity index (χ3n) is 4.66. The summed E-state index contributed by atoms with van der Waals surface area (Å²) in [5, 5.41) is 16.4. The first-order valence-electron chi connectivity index (χ1n) is 9.65. The Balaban J connectivity index is 2.19. The summed E-state index contributed by atoms with van der Waals surface area (Å²) in [6.45, 7) is 5.63.